The third kappa shape index (κ3) is 3.29. The lowest BCUT2D eigenvalue weighted by atomic mass is 10.1. The number of fused-ring (bicyclic) bond motifs is 3. The van der Waals surface area contributed by atoms with Crippen LogP contribution in [0.25, 0.3) is 10.3 Å². The third-order valence-electron chi connectivity index (χ3n) is 5.58. The van der Waals surface area contributed by atoms with Crippen LogP contribution in [-0.2, 0) is 6.54 Å². The van der Waals surface area contributed by atoms with Gasteiger partial charge in [0.05, 0.1) is 4.70 Å². The van der Waals surface area contributed by atoms with Gasteiger partial charge in [0.1, 0.15) is 5.75 Å². The molecule has 5 rings (SSSR count). The molecule has 2 aromatic heterocycles. The first-order chi connectivity index (χ1) is 13.7. The van der Waals surface area contributed by atoms with Gasteiger partial charge >= 0.3 is 6.03 Å². The molecule has 2 saturated heterocycles. The zero-order chi connectivity index (χ0) is 19.1. The van der Waals surface area contributed by atoms with Gasteiger partial charge in [0.2, 0.25) is 0 Å². The van der Waals surface area contributed by atoms with Crippen molar-refractivity contribution < 1.29 is 9.53 Å². The number of benzene rings is 1. The Bertz CT molecular complexity index is 958. The molecule has 0 saturated carbocycles. The number of primary amides is 1. The van der Waals surface area contributed by atoms with Crippen LogP contribution in [0.4, 0.5) is 4.79 Å². The van der Waals surface area contributed by atoms with Crippen molar-refractivity contribution in [2.45, 2.75) is 31.5 Å². The summed E-state index contributed by atoms with van der Waals surface area (Å²) in [5, 5.41) is 0.599. The van der Waals surface area contributed by atoms with Crippen LogP contribution < -0.4 is 10.5 Å². The quantitative estimate of drug-likeness (QED) is 0.733. The van der Waals surface area contributed by atoms with E-state index in [0.717, 1.165) is 42.9 Å². The summed E-state index contributed by atoms with van der Waals surface area (Å²) >= 11 is 1.49. The molecule has 7 nitrogen and oxygen atoms in total. The molecular formula is C20H21N5O2S. The van der Waals surface area contributed by atoms with E-state index in [1.54, 1.807) is 11.1 Å². The van der Waals surface area contributed by atoms with Gasteiger partial charge in [-0.3, -0.25) is 4.90 Å². The number of hydrogen-bond acceptors (Lipinski definition) is 6. The van der Waals surface area contributed by atoms with Crippen LogP contribution in [0.3, 0.4) is 0 Å². The van der Waals surface area contributed by atoms with Gasteiger partial charge in [-0.2, -0.15) is 4.98 Å². The van der Waals surface area contributed by atoms with Crippen LogP contribution >= 0.6 is 11.3 Å². The first-order valence-corrected chi connectivity index (χ1v) is 10.3. The van der Waals surface area contributed by atoms with E-state index in [4.69, 9.17) is 10.5 Å². The Hall–Kier alpha value is -2.71. The monoisotopic (exact) mass is 395 g/mol. The molecule has 2 atom stereocenters. The molecule has 144 valence electrons. The summed E-state index contributed by atoms with van der Waals surface area (Å²) in [5.74, 6) is 0.768. The molecule has 0 radical (unpaired) electrons. The Kier molecular flexibility index (Phi) is 4.37. The minimum Gasteiger partial charge on any atom is -0.431 e. The Balaban J connectivity index is 1.25. The van der Waals surface area contributed by atoms with Gasteiger partial charge in [-0.15, -0.1) is 0 Å². The van der Waals surface area contributed by atoms with Crippen LogP contribution in [0.2, 0.25) is 0 Å². The molecule has 2 N–H and O–H groups in total. The number of piperazine rings is 1. The molecule has 2 fully saturated rings. The SMILES string of the molecule is NC(=O)N1CC2CCC(C1)N2Cc1ccc(Oc2nc3ncccc3s2)cc1. The Morgan fingerprint density at radius 2 is 1.93 bits per heavy atom. The van der Waals surface area contributed by atoms with Crippen molar-refractivity contribution in [3.05, 3.63) is 48.2 Å². The van der Waals surface area contributed by atoms with Gasteiger partial charge in [-0.1, -0.05) is 23.5 Å². The summed E-state index contributed by atoms with van der Waals surface area (Å²) in [6, 6.07) is 12.5. The molecule has 2 unspecified atom stereocenters. The number of pyridine rings is 1. The van der Waals surface area contributed by atoms with Crippen molar-refractivity contribution in [1.29, 1.82) is 0 Å². The molecule has 8 heteroatoms. The molecule has 2 bridgehead atoms. The summed E-state index contributed by atoms with van der Waals surface area (Å²) in [7, 11) is 0. The minimum atomic E-state index is -0.303. The lowest BCUT2D eigenvalue weighted by Crippen LogP contribution is -2.56. The van der Waals surface area contributed by atoms with Gasteiger partial charge in [0, 0.05) is 37.9 Å². The highest BCUT2D eigenvalue weighted by molar-refractivity contribution is 7.20. The molecule has 1 aromatic carbocycles. The van der Waals surface area contributed by atoms with E-state index in [1.807, 2.05) is 24.3 Å². The number of carbonyl (C=O) groups excluding carboxylic acids is 1. The Morgan fingerprint density at radius 3 is 2.61 bits per heavy atom. The van der Waals surface area contributed by atoms with Crippen LogP contribution in [0.5, 0.6) is 10.9 Å². The van der Waals surface area contributed by atoms with E-state index in [1.165, 1.54) is 16.9 Å². The van der Waals surface area contributed by atoms with E-state index >= 15 is 0 Å². The van der Waals surface area contributed by atoms with Crippen molar-refractivity contribution >= 4 is 27.7 Å². The fourth-order valence-corrected chi connectivity index (χ4v) is 4.99. The number of hydrogen-bond donors (Lipinski definition) is 1. The van der Waals surface area contributed by atoms with E-state index in [9.17, 15) is 4.79 Å². The van der Waals surface area contributed by atoms with Crippen LogP contribution in [0, 0.1) is 0 Å². The molecule has 2 aliphatic rings. The maximum absolute atomic E-state index is 11.5. The van der Waals surface area contributed by atoms with E-state index in [-0.39, 0.29) is 6.03 Å². The highest BCUT2D eigenvalue weighted by Gasteiger charge is 2.40. The number of urea groups is 1. The average molecular weight is 395 g/mol. The van der Waals surface area contributed by atoms with Gasteiger partial charge in [-0.25, -0.2) is 9.78 Å². The lowest BCUT2D eigenvalue weighted by molar-refractivity contribution is 0.0798. The highest BCUT2D eigenvalue weighted by Crippen LogP contribution is 2.33. The Labute approximate surface area is 166 Å². The average Bonchev–Trinajstić information content (AvgIpc) is 3.19. The number of ether oxygens (including phenoxy) is 1. The predicted octanol–water partition coefficient (Wildman–Crippen LogP) is 3.21. The van der Waals surface area contributed by atoms with E-state index in [0.29, 0.717) is 22.9 Å². The maximum atomic E-state index is 11.5. The van der Waals surface area contributed by atoms with E-state index in [2.05, 4.69) is 27.0 Å². The molecule has 2 aliphatic heterocycles. The zero-order valence-electron chi connectivity index (χ0n) is 15.3. The first-order valence-electron chi connectivity index (χ1n) is 9.44. The fraction of sp³-hybridized carbons (Fsp3) is 0.350. The number of likely N-dealkylation sites (tertiary alicyclic amines) is 1. The van der Waals surface area contributed by atoms with Crippen molar-refractivity contribution in [3.8, 4) is 10.9 Å². The number of nitrogens with zero attached hydrogens (tertiary/aromatic N) is 4. The second-order valence-electron chi connectivity index (χ2n) is 7.35. The third-order valence-corrected chi connectivity index (χ3v) is 6.47. The van der Waals surface area contributed by atoms with Gasteiger partial charge in [0.15, 0.2) is 5.65 Å². The first kappa shape index (κ1) is 17.4. The molecule has 28 heavy (non-hydrogen) atoms. The molecule has 3 aromatic rings. The van der Waals surface area contributed by atoms with Crippen molar-refractivity contribution in [2.24, 2.45) is 5.73 Å². The highest BCUT2D eigenvalue weighted by atomic mass is 32.1. The van der Waals surface area contributed by atoms with Gasteiger partial charge in [-0.05, 0) is 42.7 Å². The second kappa shape index (κ2) is 7.03. The number of amides is 2. The smallest absolute Gasteiger partial charge is 0.314 e. The fourth-order valence-electron chi connectivity index (χ4n) is 4.20. The molecular weight excluding hydrogens is 374 g/mol. The topological polar surface area (TPSA) is 84.6 Å². The summed E-state index contributed by atoms with van der Waals surface area (Å²) in [6.07, 6.45) is 3.99. The van der Waals surface area contributed by atoms with Gasteiger partial charge in [0.25, 0.3) is 5.19 Å². The Morgan fingerprint density at radius 1 is 1.18 bits per heavy atom. The zero-order valence-corrected chi connectivity index (χ0v) is 16.1. The number of rotatable bonds is 4. The second-order valence-corrected chi connectivity index (χ2v) is 8.34. The van der Waals surface area contributed by atoms with Crippen LogP contribution in [0.15, 0.2) is 42.6 Å². The summed E-state index contributed by atoms with van der Waals surface area (Å²) in [4.78, 5) is 24.4. The van der Waals surface area contributed by atoms with Crippen molar-refractivity contribution in [2.75, 3.05) is 13.1 Å². The molecule has 4 heterocycles. The summed E-state index contributed by atoms with van der Waals surface area (Å²) in [5.41, 5.74) is 7.42. The number of aromatic nitrogens is 2. The van der Waals surface area contributed by atoms with E-state index < -0.39 is 0 Å². The summed E-state index contributed by atoms with van der Waals surface area (Å²) in [6.45, 7) is 2.35. The van der Waals surface area contributed by atoms with Crippen molar-refractivity contribution in [1.82, 2.24) is 19.8 Å². The minimum absolute atomic E-state index is 0.303. The number of carbonyl (C=O) groups is 1. The standard InChI is InChI=1S/C20H21N5O2S/c21-19(26)24-11-14-5-6-15(12-24)25(14)10-13-3-7-16(8-4-13)27-20-23-18-17(28-20)2-1-9-22-18/h1-4,7-9,14-15H,5-6,10-12H2,(H2,21,26). The predicted molar refractivity (Wildman–Crippen MR) is 107 cm³/mol. The lowest BCUT2D eigenvalue weighted by Gasteiger charge is -2.40. The molecule has 0 aliphatic carbocycles. The maximum Gasteiger partial charge on any atom is 0.314 e. The molecule has 0 spiro atoms. The van der Waals surface area contributed by atoms with Crippen molar-refractivity contribution in [3.63, 3.8) is 0 Å². The summed E-state index contributed by atoms with van der Waals surface area (Å²) < 4.78 is 6.91. The van der Waals surface area contributed by atoms with Crippen LogP contribution in [0.1, 0.15) is 18.4 Å². The normalized spacial score (nSPS) is 21.9. The number of nitrogens with two attached hydrogens (primary N) is 1. The van der Waals surface area contributed by atoms with Gasteiger partial charge < -0.3 is 15.4 Å². The molecule has 2 amide bonds. The van der Waals surface area contributed by atoms with Crippen LogP contribution in [-0.4, -0.2) is 51.0 Å². The largest absolute Gasteiger partial charge is 0.431 e. The number of thiazole rings is 1.